The molecule has 0 aliphatic carbocycles. The number of hydrogen-bond donors (Lipinski definition) is 2. The monoisotopic (exact) mass is 289 g/mol. The third-order valence-corrected chi connectivity index (χ3v) is 3.50. The summed E-state index contributed by atoms with van der Waals surface area (Å²) in [6, 6.07) is 4.54. The van der Waals surface area contributed by atoms with E-state index in [0.717, 1.165) is 10.5 Å². The van der Waals surface area contributed by atoms with Crippen molar-refractivity contribution < 1.29 is 10.2 Å². The Labute approximate surface area is 120 Å². The highest BCUT2D eigenvalue weighted by molar-refractivity contribution is 7.07. The average molecular weight is 289 g/mol. The summed E-state index contributed by atoms with van der Waals surface area (Å²) in [6.07, 6.45) is 3.33. The predicted molar refractivity (Wildman–Crippen MR) is 80.4 cm³/mol. The average Bonchev–Trinajstić information content (AvgIpc) is 2.78. The fourth-order valence-corrected chi connectivity index (χ4v) is 2.34. The fraction of sp³-hybridized carbons (Fsp3) is 0.143. The molecule has 5 nitrogen and oxygen atoms in total. The number of aromatic hydroxyl groups is 2. The van der Waals surface area contributed by atoms with Gasteiger partial charge < -0.3 is 10.2 Å². The minimum Gasteiger partial charge on any atom is -0.504 e. The molecule has 0 bridgehead atoms. The summed E-state index contributed by atoms with van der Waals surface area (Å²) in [5.74, 6) is -0.319. The Morgan fingerprint density at radius 3 is 2.85 bits per heavy atom. The topological polar surface area (TPSA) is 70.1 Å². The Morgan fingerprint density at radius 2 is 2.15 bits per heavy atom. The first-order valence-corrected chi connectivity index (χ1v) is 6.84. The van der Waals surface area contributed by atoms with Gasteiger partial charge >= 0.3 is 0 Å². The molecule has 0 unspecified atom stereocenters. The minimum atomic E-state index is -0.169. The van der Waals surface area contributed by atoms with Crippen LogP contribution >= 0.6 is 11.3 Å². The van der Waals surface area contributed by atoms with E-state index in [4.69, 9.17) is 0 Å². The quantitative estimate of drug-likeness (QED) is 0.515. The summed E-state index contributed by atoms with van der Waals surface area (Å²) >= 11 is 1.50. The summed E-state index contributed by atoms with van der Waals surface area (Å²) in [7, 11) is 0. The molecule has 0 aliphatic heterocycles. The molecule has 1 aromatic heterocycles. The van der Waals surface area contributed by atoms with E-state index in [0.29, 0.717) is 12.1 Å². The minimum absolute atomic E-state index is 0.150. The fourth-order valence-electron chi connectivity index (χ4n) is 1.52. The van der Waals surface area contributed by atoms with Gasteiger partial charge in [-0.2, -0.15) is 5.10 Å². The Hall–Kier alpha value is -2.34. The van der Waals surface area contributed by atoms with Gasteiger partial charge in [0.15, 0.2) is 11.5 Å². The van der Waals surface area contributed by atoms with E-state index >= 15 is 0 Å². The molecule has 0 amide bonds. The number of aromatic nitrogens is 1. The number of rotatable bonds is 4. The lowest BCUT2D eigenvalue weighted by Gasteiger charge is -2.00. The van der Waals surface area contributed by atoms with Crippen molar-refractivity contribution in [2.45, 2.75) is 6.92 Å². The lowest BCUT2D eigenvalue weighted by Crippen LogP contribution is -2.12. The van der Waals surface area contributed by atoms with Crippen molar-refractivity contribution in [3.8, 4) is 11.5 Å². The third kappa shape index (κ3) is 3.16. The predicted octanol–water partition coefficient (Wildman–Crippen LogP) is 2.24. The van der Waals surface area contributed by atoms with Gasteiger partial charge in [0.1, 0.15) is 0 Å². The first-order valence-electron chi connectivity index (χ1n) is 5.96. The molecule has 6 heteroatoms. The maximum Gasteiger partial charge on any atom is 0.206 e. The molecular formula is C14H15N3O2S. The molecule has 2 aromatic rings. The summed E-state index contributed by atoms with van der Waals surface area (Å²) in [5, 5.41) is 25.0. The molecule has 1 aromatic carbocycles. The highest BCUT2D eigenvalue weighted by atomic mass is 32.1. The third-order valence-electron chi connectivity index (χ3n) is 2.53. The SMILES string of the molecule is C=CCN=c1scc(C)n1/N=C/c1ccc(O)c(O)c1. The van der Waals surface area contributed by atoms with Gasteiger partial charge in [-0.05, 0) is 30.7 Å². The number of benzene rings is 1. The van der Waals surface area contributed by atoms with Crippen LogP contribution in [-0.2, 0) is 0 Å². The van der Waals surface area contributed by atoms with E-state index < -0.39 is 0 Å². The van der Waals surface area contributed by atoms with Gasteiger partial charge in [-0.1, -0.05) is 6.08 Å². The van der Waals surface area contributed by atoms with Crippen LogP contribution in [0.25, 0.3) is 0 Å². The molecule has 0 fully saturated rings. The van der Waals surface area contributed by atoms with Crippen molar-refractivity contribution in [3.63, 3.8) is 0 Å². The molecule has 0 saturated carbocycles. The van der Waals surface area contributed by atoms with Crippen molar-refractivity contribution in [2.24, 2.45) is 10.1 Å². The molecule has 2 N–H and O–H groups in total. The van der Waals surface area contributed by atoms with E-state index in [2.05, 4.69) is 16.7 Å². The molecule has 0 aliphatic rings. The van der Waals surface area contributed by atoms with Crippen molar-refractivity contribution in [2.75, 3.05) is 6.54 Å². The van der Waals surface area contributed by atoms with Crippen LogP contribution in [0, 0.1) is 6.92 Å². The van der Waals surface area contributed by atoms with Crippen LogP contribution in [0.3, 0.4) is 0 Å². The van der Waals surface area contributed by atoms with Crippen LogP contribution in [0.4, 0.5) is 0 Å². The van der Waals surface area contributed by atoms with Gasteiger partial charge in [-0.15, -0.1) is 17.9 Å². The Balaban J connectivity index is 2.33. The Morgan fingerprint density at radius 1 is 1.35 bits per heavy atom. The Bertz CT molecular complexity index is 713. The number of aryl methyl sites for hydroxylation is 1. The van der Waals surface area contributed by atoms with Crippen molar-refractivity contribution in [1.29, 1.82) is 0 Å². The molecule has 1 heterocycles. The van der Waals surface area contributed by atoms with E-state index in [9.17, 15) is 10.2 Å². The van der Waals surface area contributed by atoms with E-state index in [1.165, 1.54) is 23.5 Å². The Kier molecular flexibility index (Phi) is 4.37. The number of phenolic OH excluding ortho intramolecular Hbond substituents is 2. The van der Waals surface area contributed by atoms with Crippen LogP contribution in [0.15, 0.2) is 46.3 Å². The highest BCUT2D eigenvalue weighted by Crippen LogP contribution is 2.24. The van der Waals surface area contributed by atoms with Crippen LogP contribution in [0.2, 0.25) is 0 Å². The molecule has 104 valence electrons. The lowest BCUT2D eigenvalue weighted by atomic mass is 10.2. The largest absolute Gasteiger partial charge is 0.504 e. The van der Waals surface area contributed by atoms with Gasteiger partial charge in [-0.3, -0.25) is 4.99 Å². The molecule has 2 rings (SSSR count). The van der Waals surface area contributed by atoms with E-state index in [-0.39, 0.29) is 11.5 Å². The van der Waals surface area contributed by atoms with Gasteiger partial charge in [-0.25, -0.2) is 4.68 Å². The van der Waals surface area contributed by atoms with Crippen LogP contribution in [-0.4, -0.2) is 27.6 Å². The molecule has 0 saturated heterocycles. The van der Waals surface area contributed by atoms with Crippen molar-refractivity contribution >= 4 is 17.6 Å². The van der Waals surface area contributed by atoms with Crippen LogP contribution in [0.5, 0.6) is 11.5 Å². The number of phenols is 2. The molecule has 20 heavy (non-hydrogen) atoms. The number of thiazole rings is 1. The summed E-state index contributed by atoms with van der Waals surface area (Å²) < 4.78 is 1.72. The molecule has 0 spiro atoms. The van der Waals surface area contributed by atoms with E-state index in [1.54, 1.807) is 23.0 Å². The molecule has 0 radical (unpaired) electrons. The first-order chi connectivity index (χ1) is 9.61. The number of nitrogens with zero attached hydrogens (tertiary/aromatic N) is 3. The summed E-state index contributed by atoms with van der Waals surface area (Å²) in [6.45, 7) is 6.11. The zero-order chi connectivity index (χ0) is 14.5. The summed E-state index contributed by atoms with van der Waals surface area (Å²) in [5.41, 5.74) is 1.66. The van der Waals surface area contributed by atoms with Crippen LogP contribution in [0.1, 0.15) is 11.3 Å². The second-order valence-electron chi connectivity index (χ2n) is 4.09. The maximum absolute atomic E-state index is 9.44. The smallest absolute Gasteiger partial charge is 0.206 e. The van der Waals surface area contributed by atoms with Crippen LogP contribution < -0.4 is 4.80 Å². The molecular weight excluding hydrogens is 274 g/mol. The van der Waals surface area contributed by atoms with Gasteiger partial charge in [0.05, 0.1) is 18.5 Å². The van der Waals surface area contributed by atoms with Gasteiger partial charge in [0.25, 0.3) is 0 Å². The van der Waals surface area contributed by atoms with Crippen molar-refractivity contribution in [1.82, 2.24) is 4.68 Å². The van der Waals surface area contributed by atoms with E-state index in [1.807, 2.05) is 12.3 Å². The molecule has 0 atom stereocenters. The zero-order valence-corrected chi connectivity index (χ0v) is 11.8. The van der Waals surface area contributed by atoms with Gasteiger partial charge in [0, 0.05) is 5.38 Å². The van der Waals surface area contributed by atoms with Crippen molar-refractivity contribution in [3.05, 3.63) is 52.3 Å². The number of hydrogen-bond acceptors (Lipinski definition) is 5. The second kappa shape index (κ2) is 6.21. The standard InChI is InChI=1S/C14H15N3O2S/c1-3-6-15-14-17(10(2)9-20-14)16-8-11-4-5-12(18)13(19)7-11/h3-5,7-9,18-19H,1,6H2,2H3/b15-14?,16-8+. The first kappa shape index (κ1) is 14.1. The summed E-state index contributed by atoms with van der Waals surface area (Å²) in [4.78, 5) is 5.13. The second-order valence-corrected chi connectivity index (χ2v) is 4.93. The van der Waals surface area contributed by atoms with Gasteiger partial charge in [0.2, 0.25) is 4.80 Å². The highest BCUT2D eigenvalue weighted by Gasteiger charge is 2.00. The normalized spacial score (nSPS) is 12.2. The maximum atomic E-state index is 9.44. The zero-order valence-electron chi connectivity index (χ0n) is 11.0. The lowest BCUT2D eigenvalue weighted by molar-refractivity contribution is 0.403.